The number of carbonyl (C=O) groups excluding carboxylic acids is 1. The smallest absolute Gasteiger partial charge is 0.184 e. The van der Waals surface area contributed by atoms with Crippen molar-refractivity contribution in [2.45, 2.75) is 209 Å². The second-order valence-corrected chi connectivity index (χ2v) is 41.1. The van der Waals surface area contributed by atoms with Gasteiger partial charge in [-0.25, -0.2) is 0 Å². The minimum absolute atomic E-state index is 0.0398. The van der Waals surface area contributed by atoms with Crippen molar-refractivity contribution in [3.8, 4) is 0 Å². The summed E-state index contributed by atoms with van der Waals surface area (Å²) in [6.07, 6.45) is 8.43. The van der Waals surface area contributed by atoms with Gasteiger partial charge in [-0.3, -0.25) is 4.79 Å². The summed E-state index contributed by atoms with van der Waals surface area (Å²) in [5.74, 6) is 1.71. The Morgan fingerprint density at radius 1 is 0.765 bits per heavy atom. The van der Waals surface area contributed by atoms with E-state index in [9.17, 15) is 4.79 Å². The van der Waals surface area contributed by atoms with Gasteiger partial charge in [0.15, 0.2) is 33.3 Å². The van der Waals surface area contributed by atoms with E-state index in [1.165, 1.54) is 12.8 Å². The van der Waals surface area contributed by atoms with Crippen LogP contribution in [-0.2, 0) is 22.5 Å². The highest BCUT2D eigenvalue weighted by Gasteiger charge is 2.69. The molecule has 0 N–H and O–H groups in total. The Morgan fingerprint density at radius 3 is 1.84 bits per heavy atom. The Morgan fingerprint density at radius 2 is 1.33 bits per heavy atom. The molecule has 9 heteroatoms. The molecular weight excluding hydrogens is 697 g/mol. The third-order valence-electron chi connectivity index (χ3n) is 13.9. The van der Waals surface area contributed by atoms with E-state index < -0.39 is 38.9 Å². The van der Waals surface area contributed by atoms with Crippen LogP contribution in [0.5, 0.6) is 0 Å². The van der Waals surface area contributed by atoms with Crippen LogP contribution < -0.4 is 0 Å². The van der Waals surface area contributed by atoms with Crippen molar-refractivity contribution in [2.75, 3.05) is 0 Å². The van der Waals surface area contributed by atoms with Gasteiger partial charge in [0.25, 0.3) is 0 Å². The molecule has 296 valence electrons. The Hall–Kier alpha value is 0.118. The van der Waals surface area contributed by atoms with E-state index in [4.69, 9.17) is 17.7 Å². The molecule has 0 saturated heterocycles. The highest BCUT2D eigenvalue weighted by Crippen LogP contribution is 2.74. The molecule has 4 aliphatic carbocycles. The number of rotatable bonds is 13. The average molecular weight is 779 g/mol. The number of fused-ring (bicyclic) bond motifs is 5. The van der Waals surface area contributed by atoms with E-state index in [0.29, 0.717) is 30.0 Å². The number of carbonyl (C=O) groups is 1. The molecule has 3 fully saturated rings. The van der Waals surface area contributed by atoms with Crippen molar-refractivity contribution < 1.29 is 22.5 Å². The molecule has 4 aliphatic rings. The average Bonchev–Trinajstić information content (AvgIpc) is 3.23. The van der Waals surface area contributed by atoms with Gasteiger partial charge in [0.05, 0.1) is 23.9 Å². The van der Waals surface area contributed by atoms with Gasteiger partial charge in [0.2, 0.25) is 0 Å². The van der Waals surface area contributed by atoms with Crippen molar-refractivity contribution in [2.24, 2.45) is 39.4 Å². The molecule has 4 rings (SSSR count). The van der Waals surface area contributed by atoms with E-state index in [0.717, 1.165) is 32.1 Å². The second-order valence-electron chi connectivity index (χ2n) is 23.3. The lowest BCUT2D eigenvalue weighted by Crippen LogP contribution is -2.66. The first-order chi connectivity index (χ1) is 22.7. The molecule has 51 heavy (non-hydrogen) atoms. The van der Waals surface area contributed by atoms with Crippen LogP contribution >= 0.6 is 0 Å². The maximum Gasteiger partial charge on any atom is 0.184 e. The number of Topliss-reactive ketones (excluding diaryl/α,β-unsaturated/α-hetero) is 1. The molecule has 5 nitrogen and oxygen atoms in total. The van der Waals surface area contributed by atoms with E-state index in [-0.39, 0.29) is 40.0 Å². The summed E-state index contributed by atoms with van der Waals surface area (Å²) in [4.78, 5) is 13.4. The molecular formula is C42H82O5Si4. The lowest BCUT2D eigenvalue weighted by atomic mass is 9.36. The lowest BCUT2D eigenvalue weighted by Gasteiger charge is -2.69. The maximum absolute atomic E-state index is 13.4. The summed E-state index contributed by atoms with van der Waals surface area (Å²) in [6.45, 7) is 47.3. The number of hydrogen-bond acceptors (Lipinski definition) is 5. The van der Waals surface area contributed by atoms with Gasteiger partial charge in [-0.1, -0.05) is 52.7 Å². The van der Waals surface area contributed by atoms with E-state index in [1.807, 2.05) is 0 Å². The van der Waals surface area contributed by atoms with Gasteiger partial charge in [-0.2, -0.15) is 0 Å². The molecule has 0 aliphatic heterocycles. The Kier molecular flexibility index (Phi) is 12.0. The summed E-state index contributed by atoms with van der Waals surface area (Å²) < 4.78 is 28.8. The van der Waals surface area contributed by atoms with Gasteiger partial charge in [-0.05, 0) is 171 Å². The standard InChI is InChI=1S/C42H82O5Si4/c1-29(27-33(45-49(12,13)14)37(46-50(15,16)17)39(4,5)47-51(18,19)20)30-21-25-41(7)31(30)28-32(44-48(9,10)11)36-40(6)24-23-35(43)38(2,3)34(40)22-26-42(36,41)8/h29,32-34,36-37H,21-28H2,1-20H3/t29-,32+,33+,34+,36+,37-,40+,41+,42+/m1/s1. The lowest BCUT2D eigenvalue weighted by molar-refractivity contribution is -0.205. The van der Waals surface area contributed by atoms with E-state index in [2.05, 4.69) is 134 Å². The molecule has 0 heterocycles. The van der Waals surface area contributed by atoms with Crippen LogP contribution in [0.2, 0.25) is 78.6 Å². The molecule has 0 amide bonds. The second kappa shape index (κ2) is 13.9. The highest BCUT2D eigenvalue weighted by atomic mass is 28.4. The van der Waals surface area contributed by atoms with Crippen LogP contribution in [0.25, 0.3) is 0 Å². The molecule has 0 aromatic carbocycles. The Bertz CT molecular complexity index is 1330. The molecule has 0 radical (unpaired) electrons. The van der Waals surface area contributed by atoms with Crippen LogP contribution in [0.1, 0.15) is 107 Å². The number of ketones is 1. The van der Waals surface area contributed by atoms with Gasteiger partial charge in [0, 0.05) is 11.8 Å². The van der Waals surface area contributed by atoms with Crippen LogP contribution in [0.15, 0.2) is 11.1 Å². The van der Waals surface area contributed by atoms with Crippen molar-refractivity contribution in [3.05, 3.63) is 11.1 Å². The van der Waals surface area contributed by atoms with E-state index in [1.54, 1.807) is 11.1 Å². The summed E-state index contributed by atoms with van der Waals surface area (Å²) in [7, 11) is -7.60. The van der Waals surface area contributed by atoms with Gasteiger partial charge < -0.3 is 17.7 Å². The SMILES string of the molecule is C[C@H](C[C@H](O[Si](C)(C)C)[C@@H](O[Si](C)(C)C)C(C)(C)O[Si](C)(C)C)C1=C2C[C@H](O[Si](C)(C)C)[C@H]3[C@@]4(C)CCC(=O)C(C)(C)[C@@H]4CC[C@]3(C)[C@@]2(C)CC1. The molecule has 0 spiro atoms. The normalized spacial score (nSPS) is 35.2. The molecule has 0 bridgehead atoms. The first-order valence-electron chi connectivity index (χ1n) is 20.7. The molecule has 0 unspecified atom stereocenters. The molecule has 0 aromatic heterocycles. The summed E-state index contributed by atoms with van der Waals surface area (Å²) in [6, 6.07) is 0. The minimum atomic E-state index is -1.94. The van der Waals surface area contributed by atoms with Crippen LogP contribution in [0.3, 0.4) is 0 Å². The fourth-order valence-electron chi connectivity index (χ4n) is 12.3. The summed E-state index contributed by atoms with van der Waals surface area (Å²) >= 11 is 0. The van der Waals surface area contributed by atoms with E-state index >= 15 is 0 Å². The summed E-state index contributed by atoms with van der Waals surface area (Å²) in [5.41, 5.74) is 3.00. The summed E-state index contributed by atoms with van der Waals surface area (Å²) in [5, 5.41) is 0. The Labute approximate surface area is 320 Å². The fourth-order valence-corrected chi connectivity index (χ4v) is 17.4. The largest absolute Gasteiger partial charge is 0.414 e. The van der Waals surface area contributed by atoms with Crippen LogP contribution in [0.4, 0.5) is 0 Å². The van der Waals surface area contributed by atoms with Crippen molar-refractivity contribution in [1.29, 1.82) is 0 Å². The zero-order valence-corrected chi connectivity index (χ0v) is 41.2. The zero-order chi connectivity index (χ0) is 39.2. The van der Waals surface area contributed by atoms with Crippen LogP contribution in [-0.4, -0.2) is 63.0 Å². The Balaban J connectivity index is 1.81. The predicted molar refractivity (Wildman–Crippen MR) is 226 cm³/mol. The van der Waals surface area contributed by atoms with Gasteiger partial charge >= 0.3 is 0 Å². The number of hydrogen-bond donors (Lipinski definition) is 0. The monoisotopic (exact) mass is 779 g/mol. The van der Waals surface area contributed by atoms with Crippen LogP contribution in [0, 0.1) is 39.4 Å². The van der Waals surface area contributed by atoms with Gasteiger partial charge in [0.1, 0.15) is 5.78 Å². The first kappa shape index (κ1) is 43.8. The predicted octanol–water partition coefficient (Wildman–Crippen LogP) is 12.2. The molecule has 0 aromatic rings. The molecule has 9 atom stereocenters. The van der Waals surface area contributed by atoms with Crippen molar-refractivity contribution in [1.82, 2.24) is 0 Å². The quantitative estimate of drug-likeness (QED) is 0.138. The third-order valence-corrected chi connectivity index (χ3v) is 18.0. The zero-order valence-electron chi connectivity index (χ0n) is 37.2. The van der Waals surface area contributed by atoms with Gasteiger partial charge in [-0.15, -0.1) is 0 Å². The topological polar surface area (TPSA) is 54.0 Å². The maximum atomic E-state index is 13.4. The highest BCUT2D eigenvalue weighted by molar-refractivity contribution is 6.71. The van der Waals surface area contributed by atoms with Crippen molar-refractivity contribution in [3.63, 3.8) is 0 Å². The third kappa shape index (κ3) is 8.91. The number of allylic oxidation sites excluding steroid dienone is 1. The van der Waals surface area contributed by atoms with Crippen molar-refractivity contribution >= 4 is 39.1 Å². The first-order valence-corrected chi connectivity index (χ1v) is 34.3. The fraction of sp³-hybridized carbons (Fsp3) is 0.929. The minimum Gasteiger partial charge on any atom is -0.414 e. The molecule has 3 saturated carbocycles.